The minimum atomic E-state index is -0.0391. The second-order valence-electron chi connectivity index (χ2n) is 6.75. The lowest BCUT2D eigenvalue weighted by molar-refractivity contribution is -0.116. The van der Waals surface area contributed by atoms with Crippen molar-refractivity contribution in [3.05, 3.63) is 84.4 Å². The van der Waals surface area contributed by atoms with E-state index in [2.05, 4.69) is 15.5 Å². The molecule has 1 N–H and O–H groups in total. The Balaban J connectivity index is 1.34. The molecule has 0 saturated heterocycles. The number of hydrogen-bond acceptors (Lipinski definition) is 5. The number of ether oxygens (including phenoxy) is 1. The third kappa shape index (κ3) is 4.72. The summed E-state index contributed by atoms with van der Waals surface area (Å²) in [5, 5.41) is 11.1. The van der Waals surface area contributed by atoms with Crippen LogP contribution in [0, 0.1) is 0 Å². The lowest BCUT2D eigenvalue weighted by Crippen LogP contribution is -2.12. The minimum Gasteiger partial charge on any atom is -0.497 e. The van der Waals surface area contributed by atoms with Gasteiger partial charge in [-0.2, -0.15) is 0 Å². The summed E-state index contributed by atoms with van der Waals surface area (Å²) in [5.41, 5.74) is 3.48. The molecule has 1 aromatic heterocycles. The molecule has 0 saturated carbocycles. The lowest BCUT2D eigenvalue weighted by Gasteiger charge is -2.06. The zero-order chi connectivity index (χ0) is 20.8. The average Bonchev–Trinajstić information content (AvgIpc) is 3.29. The zero-order valence-corrected chi connectivity index (χ0v) is 16.5. The van der Waals surface area contributed by atoms with Crippen LogP contribution in [0.3, 0.4) is 0 Å². The Kier molecular flexibility index (Phi) is 5.85. The first-order valence-corrected chi connectivity index (χ1v) is 9.63. The zero-order valence-electron chi connectivity index (χ0n) is 16.5. The van der Waals surface area contributed by atoms with E-state index in [0.29, 0.717) is 24.6 Å². The van der Waals surface area contributed by atoms with Gasteiger partial charge in [0.05, 0.1) is 7.11 Å². The van der Waals surface area contributed by atoms with Gasteiger partial charge in [-0.25, -0.2) is 0 Å². The smallest absolute Gasteiger partial charge is 0.248 e. The number of carbonyl (C=O) groups is 1. The molecule has 6 nitrogen and oxygen atoms in total. The number of benzene rings is 3. The summed E-state index contributed by atoms with van der Waals surface area (Å²) in [6.07, 6.45) is 1.07. The summed E-state index contributed by atoms with van der Waals surface area (Å²) < 4.78 is 10.9. The Morgan fingerprint density at radius 1 is 0.867 bits per heavy atom. The van der Waals surface area contributed by atoms with E-state index in [0.717, 1.165) is 28.1 Å². The van der Waals surface area contributed by atoms with Gasteiger partial charge in [-0.15, -0.1) is 10.2 Å². The first-order chi connectivity index (χ1) is 14.7. The van der Waals surface area contributed by atoms with Crippen LogP contribution in [0.25, 0.3) is 22.9 Å². The van der Waals surface area contributed by atoms with Crippen LogP contribution in [0.1, 0.15) is 12.0 Å². The van der Waals surface area contributed by atoms with Gasteiger partial charge in [-0.05, 0) is 60.5 Å². The number of aromatic nitrogens is 2. The van der Waals surface area contributed by atoms with Gasteiger partial charge >= 0.3 is 0 Å². The molecular formula is C24H21N3O3. The van der Waals surface area contributed by atoms with Crippen LogP contribution < -0.4 is 10.1 Å². The van der Waals surface area contributed by atoms with Crippen LogP contribution >= 0.6 is 0 Å². The predicted molar refractivity (Wildman–Crippen MR) is 115 cm³/mol. The molecule has 0 radical (unpaired) electrons. The van der Waals surface area contributed by atoms with Crippen molar-refractivity contribution < 1.29 is 13.9 Å². The van der Waals surface area contributed by atoms with Gasteiger partial charge in [-0.1, -0.05) is 30.3 Å². The summed E-state index contributed by atoms with van der Waals surface area (Å²) in [6, 6.07) is 24.7. The average molecular weight is 399 g/mol. The number of amides is 1. The van der Waals surface area contributed by atoms with Gasteiger partial charge in [0.25, 0.3) is 0 Å². The van der Waals surface area contributed by atoms with Crippen LogP contribution in [0.2, 0.25) is 0 Å². The molecule has 0 aliphatic rings. The van der Waals surface area contributed by atoms with E-state index in [1.807, 2.05) is 78.9 Å². The fourth-order valence-electron chi connectivity index (χ4n) is 3.01. The highest BCUT2D eigenvalue weighted by Crippen LogP contribution is 2.24. The minimum absolute atomic E-state index is 0.0391. The summed E-state index contributed by atoms with van der Waals surface area (Å²) in [4.78, 5) is 12.2. The van der Waals surface area contributed by atoms with E-state index >= 15 is 0 Å². The molecule has 0 atom stereocenters. The molecule has 0 aliphatic carbocycles. The first kappa shape index (κ1) is 19.4. The number of nitrogens with one attached hydrogen (secondary N) is 1. The molecule has 6 heteroatoms. The van der Waals surface area contributed by atoms with Gasteiger partial charge in [0.2, 0.25) is 17.7 Å². The third-order valence-corrected chi connectivity index (χ3v) is 4.66. The molecule has 0 aliphatic heterocycles. The Hall–Kier alpha value is -3.93. The molecule has 4 aromatic rings. The van der Waals surface area contributed by atoms with E-state index in [4.69, 9.17) is 9.15 Å². The number of hydrogen-bond donors (Lipinski definition) is 1. The van der Waals surface area contributed by atoms with Crippen molar-refractivity contribution in [2.75, 3.05) is 12.4 Å². The van der Waals surface area contributed by atoms with E-state index in [9.17, 15) is 4.79 Å². The second kappa shape index (κ2) is 9.05. The maximum atomic E-state index is 12.2. The highest BCUT2D eigenvalue weighted by atomic mass is 16.5. The van der Waals surface area contributed by atoms with Crippen LogP contribution in [0.4, 0.5) is 5.69 Å². The Morgan fingerprint density at radius 2 is 1.50 bits per heavy atom. The highest BCUT2D eigenvalue weighted by Gasteiger charge is 2.10. The Morgan fingerprint density at radius 3 is 2.13 bits per heavy atom. The Labute approximate surface area is 174 Å². The summed E-state index contributed by atoms with van der Waals surface area (Å²) in [5.74, 6) is 1.68. The van der Waals surface area contributed by atoms with Crippen molar-refractivity contribution in [3.8, 4) is 28.7 Å². The van der Waals surface area contributed by atoms with Crippen LogP contribution in [-0.2, 0) is 11.2 Å². The number of aryl methyl sites for hydroxylation is 1. The molecule has 0 fully saturated rings. The number of rotatable bonds is 7. The summed E-state index contributed by atoms with van der Waals surface area (Å²) >= 11 is 0. The Bertz CT molecular complexity index is 1100. The predicted octanol–water partition coefficient (Wildman–Crippen LogP) is 4.98. The number of carbonyl (C=O) groups excluding carboxylic acids is 1. The topological polar surface area (TPSA) is 77.2 Å². The molecule has 0 unspecified atom stereocenters. The molecule has 1 heterocycles. The molecular weight excluding hydrogens is 378 g/mol. The van der Waals surface area contributed by atoms with E-state index < -0.39 is 0 Å². The van der Waals surface area contributed by atoms with Gasteiger partial charge in [0.1, 0.15) is 5.75 Å². The number of anilines is 1. The molecule has 4 rings (SSSR count). The van der Waals surface area contributed by atoms with Crippen molar-refractivity contribution in [1.29, 1.82) is 0 Å². The number of methoxy groups -OCH3 is 1. The molecule has 1 amide bonds. The van der Waals surface area contributed by atoms with E-state index in [1.165, 1.54) is 0 Å². The van der Waals surface area contributed by atoms with Crippen LogP contribution in [0.5, 0.6) is 5.75 Å². The van der Waals surface area contributed by atoms with Crippen molar-refractivity contribution in [1.82, 2.24) is 10.2 Å². The lowest BCUT2D eigenvalue weighted by atomic mass is 10.1. The maximum Gasteiger partial charge on any atom is 0.248 e. The van der Waals surface area contributed by atoms with Crippen molar-refractivity contribution in [3.63, 3.8) is 0 Å². The molecule has 3 aromatic carbocycles. The van der Waals surface area contributed by atoms with Crippen molar-refractivity contribution in [2.24, 2.45) is 0 Å². The molecule has 150 valence electrons. The molecule has 0 bridgehead atoms. The summed E-state index contributed by atoms with van der Waals surface area (Å²) in [6.45, 7) is 0. The second-order valence-corrected chi connectivity index (χ2v) is 6.75. The van der Waals surface area contributed by atoms with Gasteiger partial charge in [0.15, 0.2) is 0 Å². The van der Waals surface area contributed by atoms with Crippen molar-refractivity contribution >= 4 is 11.6 Å². The maximum absolute atomic E-state index is 12.2. The fraction of sp³-hybridized carbons (Fsp3) is 0.125. The molecule has 0 spiro atoms. The largest absolute Gasteiger partial charge is 0.497 e. The molecule has 30 heavy (non-hydrogen) atoms. The number of nitrogens with zero attached hydrogens (tertiary/aromatic N) is 2. The van der Waals surface area contributed by atoms with E-state index in [1.54, 1.807) is 7.11 Å². The standard InChI is InChI=1S/C24H21N3O3/c1-29-21-14-7-17(8-15-21)9-16-22(28)25-20-12-10-19(11-13-20)24-27-26-23(30-24)18-5-3-2-4-6-18/h2-8,10-15H,9,16H2,1H3,(H,25,28). The van der Waals surface area contributed by atoms with Crippen LogP contribution in [0.15, 0.2) is 83.3 Å². The van der Waals surface area contributed by atoms with Gasteiger partial charge < -0.3 is 14.5 Å². The highest BCUT2D eigenvalue weighted by molar-refractivity contribution is 5.91. The fourth-order valence-corrected chi connectivity index (χ4v) is 3.01. The first-order valence-electron chi connectivity index (χ1n) is 9.63. The summed E-state index contributed by atoms with van der Waals surface area (Å²) in [7, 11) is 1.63. The van der Waals surface area contributed by atoms with E-state index in [-0.39, 0.29) is 5.91 Å². The van der Waals surface area contributed by atoms with Crippen LogP contribution in [-0.4, -0.2) is 23.2 Å². The van der Waals surface area contributed by atoms with Gasteiger partial charge in [-0.3, -0.25) is 4.79 Å². The normalized spacial score (nSPS) is 10.6. The SMILES string of the molecule is COc1ccc(CCC(=O)Nc2ccc(-c3nnc(-c4ccccc4)o3)cc2)cc1. The monoisotopic (exact) mass is 399 g/mol. The van der Waals surface area contributed by atoms with Gasteiger partial charge in [0, 0.05) is 23.2 Å². The third-order valence-electron chi connectivity index (χ3n) is 4.66. The quantitative estimate of drug-likeness (QED) is 0.474. The van der Waals surface area contributed by atoms with Crippen molar-refractivity contribution in [2.45, 2.75) is 12.8 Å².